The number of Topliss-reactive ketones (excluding diaryl/α,β-unsaturated/α-hetero) is 1. The summed E-state index contributed by atoms with van der Waals surface area (Å²) in [5.74, 6) is -0.762. The van der Waals surface area contributed by atoms with Crippen molar-refractivity contribution in [1.82, 2.24) is 29.7 Å². The smallest absolute Gasteiger partial charge is 0.293 e. The molecule has 0 bridgehead atoms. The number of benzene rings is 2. The van der Waals surface area contributed by atoms with E-state index in [1.54, 1.807) is 42.0 Å². The molecule has 0 radical (unpaired) electrons. The molecule has 326 valence electrons. The fourth-order valence-electron chi connectivity index (χ4n) is 8.53. The van der Waals surface area contributed by atoms with Gasteiger partial charge in [-0.15, -0.1) is 0 Å². The van der Waals surface area contributed by atoms with Gasteiger partial charge in [-0.1, -0.05) is 18.5 Å². The summed E-state index contributed by atoms with van der Waals surface area (Å²) in [7, 11) is 2.03. The van der Waals surface area contributed by atoms with Crippen molar-refractivity contribution in [3.8, 4) is 11.5 Å². The molecule has 2 aromatic heterocycles. The van der Waals surface area contributed by atoms with Crippen LogP contribution in [0.4, 0.5) is 17.5 Å². The lowest BCUT2D eigenvalue weighted by Gasteiger charge is -2.33. The van der Waals surface area contributed by atoms with Gasteiger partial charge in [0.2, 0.25) is 17.8 Å². The van der Waals surface area contributed by atoms with Crippen LogP contribution in [0.1, 0.15) is 86.1 Å². The van der Waals surface area contributed by atoms with Gasteiger partial charge in [0, 0.05) is 55.6 Å². The molecule has 3 saturated heterocycles. The molecule has 2 N–H and O–H groups in total. The lowest BCUT2D eigenvalue weighted by Crippen LogP contribution is -2.54. The van der Waals surface area contributed by atoms with Crippen molar-refractivity contribution in [3.63, 3.8) is 0 Å². The second kappa shape index (κ2) is 17.8. The maximum Gasteiger partial charge on any atom is 0.293 e. The number of nitrogens with one attached hydrogen (secondary N) is 2. The van der Waals surface area contributed by atoms with Crippen molar-refractivity contribution < 1.29 is 38.2 Å². The summed E-state index contributed by atoms with van der Waals surface area (Å²) in [5, 5.41) is 6.63. The van der Waals surface area contributed by atoms with Crippen LogP contribution >= 0.6 is 11.6 Å². The predicted octanol–water partition coefficient (Wildman–Crippen LogP) is 4.67. The van der Waals surface area contributed by atoms with Gasteiger partial charge in [0.25, 0.3) is 17.4 Å². The first kappa shape index (κ1) is 42.8. The van der Waals surface area contributed by atoms with E-state index in [0.717, 1.165) is 41.6 Å². The van der Waals surface area contributed by atoms with E-state index in [2.05, 4.69) is 25.4 Å². The fourth-order valence-corrected chi connectivity index (χ4v) is 8.67. The van der Waals surface area contributed by atoms with E-state index in [9.17, 15) is 28.8 Å². The zero-order valence-corrected chi connectivity index (χ0v) is 35.8. The number of hydrogen-bond donors (Lipinski definition) is 2. The summed E-state index contributed by atoms with van der Waals surface area (Å²) in [5.41, 5.74) is 1.51. The first-order valence-electron chi connectivity index (χ1n) is 21.0. The van der Waals surface area contributed by atoms with Crippen LogP contribution in [0.5, 0.6) is 11.5 Å². The zero-order chi connectivity index (χ0) is 43.8. The van der Waals surface area contributed by atoms with Crippen molar-refractivity contribution >= 4 is 69.4 Å². The second-order valence-electron chi connectivity index (χ2n) is 16.5. The third-order valence-corrected chi connectivity index (χ3v) is 12.2. The molecule has 0 saturated carbocycles. The summed E-state index contributed by atoms with van der Waals surface area (Å²) in [6.45, 7) is 7.89. The van der Waals surface area contributed by atoms with Crippen molar-refractivity contribution in [2.24, 2.45) is 0 Å². The number of carbonyl (C=O) groups excluding carboxylic acids is 5. The van der Waals surface area contributed by atoms with Gasteiger partial charge < -0.3 is 29.0 Å². The highest BCUT2D eigenvalue weighted by molar-refractivity contribution is 6.33. The molecule has 3 atom stereocenters. The van der Waals surface area contributed by atoms with Crippen LogP contribution in [-0.2, 0) is 19.1 Å². The molecular weight excluding hydrogens is 820 g/mol. The molecule has 4 aromatic rings. The zero-order valence-electron chi connectivity index (χ0n) is 35.0. The number of aromatic nitrogens is 3. The molecule has 6 heterocycles. The molecule has 4 amide bonds. The normalized spacial score (nSPS) is 20.9. The van der Waals surface area contributed by atoms with Crippen LogP contribution in [0.2, 0.25) is 5.02 Å². The third kappa shape index (κ3) is 8.74. The maximum absolute atomic E-state index is 13.3. The number of anilines is 3. The van der Waals surface area contributed by atoms with Gasteiger partial charge in [-0.25, -0.2) is 4.98 Å². The quantitative estimate of drug-likeness (QED) is 0.166. The molecule has 3 fully saturated rings. The van der Waals surface area contributed by atoms with Gasteiger partial charge in [0.05, 0.1) is 35.0 Å². The topological polar surface area (TPSA) is 195 Å². The molecule has 8 rings (SSSR count). The van der Waals surface area contributed by atoms with Crippen molar-refractivity contribution in [3.05, 3.63) is 75.2 Å². The largest absolute Gasteiger partial charge is 0.492 e. The van der Waals surface area contributed by atoms with Crippen LogP contribution in [-0.4, -0.2) is 118 Å². The Morgan fingerprint density at radius 1 is 0.968 bits per heavy atom. The Kier molecular flexibility index (Phi) is 12.3. The van der Waals surface area contributed by atoms with Gasteiger partial charge in [-0.3, -0.25) is 43.9 Å². The molecular formula is C44H49ClN8O9. The minimum absolute atomic E-state index is 0.00714. The number of pyridine rings is 1. The molecule has 18 heteroatoms. The number of likely N-dealkylation sites (N-methyl/N-ethyl adjacent to an activating group) is 1. The molecule has 1 unspecified atom stereocenters. The third-order valence-electron chi connectivity index (χ3n) is 11.9. The van der Waals surface area contributed by atoms with E-state index in [4.69, 9.17) is 30.8 Å². The number of ether oxygens (including phenoxy) is 3. The Balaban J connectivity index is 0.843. The average Bonchev–Trinajstić information content (AvgIpc) is 3.72. The summed E-state index contributed by atoms with van der Waals surface area (Å²) < 4.78 is 20.1. The highest BCUT2D eigenvalue weighted by Crippen LogP contribution is 2.33. The number of halogens is 1. The lowest BCUT2D eigenvalue weighted by atomic mass is 10.0. The number of ketones is 1. The van der Waals surface area contributed by atoms with Gasteiger partial charge in [-0.05, 0) is 89.0 Å². The number of amides is 4. The monoisotopic (exact) mass is 868 g/mol. The molecule has 62 heavy (non-hydrogen) atoms. The number of likely N-dealkylation sites (tertiary alicyclic amines) is 1. The van der Waals surface area contributed by atoms with E-state index >= 15 is 0 Å². The van der Waals surface area contributed by atoms with Gasteiger partial charge >= 0.3 is 0 Å². The maximum atomic E-state index is 13.3. The Labute approximate surface area is 362 Å². The molecule has 4 aliphatic heterocycles. The Morgan fingerprint density at radius 2 is 1.74 bits per heavy atom. The van der Waals surface area contributed by atoms with Crippen LogP contribution in [0.3, 0.4) is 0 Å². The standard InChI is InChI=1S/C44H49ClN8O9/c1-5-28(54)23-61-37-17-25-16-26(6-9-35(25)52(24(2)3)43(37)59)47-39-34(45)20-46-44(49-39)51-14-12-29(13-15-51)62-31-18-27(50(4)21-31)22-60-30-7-8-32-33(19-30)42(58)53(41(32)57)36-10-11-38(55)48-40(36)56/h6-9,16-17,19-20,24,27,29,31,36H,5,10-15,18,21-23H2,1-4H3,(H,46,47,49)(H,48,55,56)/t27-,31+,36?/m0/s1. The Bertz CT molecular complexity index is 2500. The Hall–Kier alpha value is -5.91. The first-order valence-corrected chi connectivity index (χ1v) is 21.4. The molecule has 0 spiro atoms. The molecule has 17 nitrogen and oxygen atoms in total. The first-order chi connectivity index (χ1) is 29.8. The number of hydrogen-bond acceptors (Lipinski definition) is 14. The minimum Gasteiger partial charge on any atom is -0.492 e. The minimum atomic E-state index is -1.03. The molecule has 2 aromatic carbocycles. The van der Waals surface area contributed by atoms with Crippen LogP contribution in [0.25, 0.3) is 10.9 Å². The summed E-state index contributed by atoms with van der Waals surface area (Å²) in [6.07, 6.45) is 4.43. The lowest BCUT2D eigenvalue weighted by molar-refractivity contribution is -0.136. The van der Waals surface area contributed by atoms with Crippen molar-refractivity contribution in [1.29, 1.82) is 0 Å². The van der Waals surface area contributed by atoms with Crippen molar-refractivity contribution in [2.45, 2.75) is 89.6 Å². The van der Waals surface area contributed by atoms with E-state index in [0.29, 0.717) is 54.3 Å². The van der Waals surface area contributed by atoms with E-state index < -0.39 is 29.7 Å². The number of rotatable bonds is 14. The SMILES string of the molecule is CCC(=O)COc1cc2cc(Nc3nc(N4CCC(O[C@@H]5C[C@@H](COc6ccc7c(c6)C(=O)N(C6CCC(=O)NC6=O)C7=O)N(C)C5)CC4)ncc3Cl)ccc2n(C(C)C)c1=O. The summed E-state index contributed by atoms with van der Waals surface area (Å²) in [6, 6.07) is 10.9. The number of fused-ring (bicyclic) bond motifs is 2. The Morgan fingerprint density at radius 3 is 2.48 bits per heavy atom. The summed E-state index contributed by atoms with van der Waals surface area (Å²) >= 11 is 6.59. The summed E-state index contributed by atoms with van der Waals surface area (Å²) in [4.78, 5) is 90.2. The molecule has 4 aliphatic rings. The van der Waals surface area contributed by atoms with Crippen LogP contribution in [0.15, 0.2) is 53.5 Å². The number of piperidine rings is 2. The van der Waals surface area contributed by atoms with E-state index in [-0.39, 0.29) is 72.0 Å². The highest BCUT2D eigenvalue weighted by Gasteiger charge is 2.45. The molecule has 0 aliphatic carbocycles. The van der Waals surface area contributed by atoms with E-state index in [1.807, 2.05) is 39.1 Å². The fraction of sp³-hybridized carbons (Fsp3) is 0.455. The average molecular weight is 869 g/mol. The number of imide groups is 2. The van der Waals surface area contributed by atoms with Gasteiger partial charge in [-0.2, -0.15) is 4.98 Å². The van der Waals surface area contributed by atoms with Gasteiger partial charge in [0.1, 0.15) is 30.0 Å². The number of nitrogens with zero attached hydrogens (tertiary/aromatic N) is 6. The van der Waals surface area contributed by atoms with Crippen molar-refractivity contribution in [2.75, 3.05) is 50.1 Å². The second-order valence-corrected chi connectivity index (χ2v) is 16.9. The van der Waals surface area contributed by atoms with Crippen LogP contribution in [0, 0.1) is 0 Å². The van der Waals surface area contributed by atoms with Crippen LogP contribution < -0.4 is 30.6 Å². The van der Waals surface area contributed by atoms with E-state index in [1.165, 1.54) is 0 Å². The van der Waals surface area contributed by atoms with Gasteiger partial charge in [0.15, 0.2) is 17.4 Å². The number of carbonyl (C=O) groups is 5. The highest BCUT2D eigenvalue weighted by atomic mass is 35.5. The predicted molar refractivity (Wildman–Crippen MR) is 229 cm³/mol.